The Hall–Kier alpha value is -1.56. The molecule has 0 aliphatic rings. The minimum absolute atomic E-state index is 0.0121. The second kappa shape index (κ2) is 8.91. The highest BCUT2D eigenvalue weighted by Gasteiger charge is 2.31. The van der Waals surface area contributed by atoms with E-state index >= 15 is 0 Å². The lowest BCUT2D eigenvalue weighted by molar-refractivity contribution is -0.137. The first-order chi connectivity index (χ1) is 10.7. The number of aliphatic carboxylic acids is 1. The van der Waals surface area contributed by atoms with Crippen molar-refractivity contribution in [2.75, 3.05) is 0 Å². The van der Waals surface area contributed by atoms with Crippen molar-refractivity contribution in [1.82, 2.24) is 5.32 Å². The molecule has 0 spiro atoms. The van der Waals surface area contributed by atoms with Crippen LogP contribution in [0.2, 0.25) is 0 Å². The van der Waals surface area contributed by atoms with Crippen molar-refractivity contribution in [3.63, 3.8) is 0 Å². The van der Waals surface area contributed by atoms with Crippen molar-refractivity contribution in [2.24, 2.45) is 5.41 Å². The molecule has 0 saturated carbocycles. The number of nitrogens with one attached hydrogen (secondary N) is 1. The third kappa shape index (κ3) is 7.50. The molecule has 0 bridgehead atoms. The van der Waals surface area contributed by atoms with E-state index in [0.717, 1.165) is 5.56 Å². The van der Waals surface area contributed by atoms with Crippen LogP contribution in [-0.4, -0.2) is 28.0 Å². The smallest absolute Gasteiger partial charge is 0.407 e. The summed E-state index contributed by atoms with van der Waals surface area (Å²) in [4.78, 5) is 22.7. The molecular weight excluding hydrogens is 362 g/mol. The minimum atomic E-state index is -0.886. The van der Waals surface area contributed by atoms with E-state index in [9.17, 15) is 9.59 Å². The molecule has 1 aromatic rings. The van der Waals surface area contributed by atoms with Crippen molar-refractivity contribution in [3.8, 4) is 0 Å². The Morgan fingerprint density at radius 2 is 1.87 bits per heavy atom. The van der Waals surface area contributed by atoms with Crippen LogP contribution in [0, 0.1) is 5.41 Å². The number of hydrogen-bond acceptors (Lipinski definition) is 3. The molecule has 1 aromatic carbocycles. The highest BCUT2D eigenvalue weighted by atomic mass is 79.9. The maximum absolute atomic E-state index is 12.0. The molecule has 5 nitrogen and oxygen atoms in total. The molecule has 1 unspecified atom stereocenters. The fourth-order valence-corrected chi connectivity index (χ4v) is 2.49. The Labute approximate surface area is 145 Å². The Morgan fingerprint density at radius 1 is 1.26 bits per heavy atom. The van der Waals surface area contributed by atoms with E-state index in [1.54, 1.807) is 0 Å². The van der Waals surface area contributed by atoms with Crippen molar-refractivity contribution in [2.45, 2.75) is 51.1 Å². The normalized spacial score (nSPS) is 13.9. The maximum atomic E-state index is 12.0. The van der Waals surface area contributed by atoms with Gasteiger partial charge in [0, 0.05) is 17.3 Å². The number of carboxylic acid groups (broad SMARTS) is 1. The van der Waals surface area contributed by atoms with Crippen molar-refractivity contribution in [1.29, 1.82) is 0 Å². The summed E-state index contributed by atoms with van der Waals surface area (Å²) in [6.45, 7) is 6.26. The number of rotatable bonds is 7. The molecule has 0 fully saturated rings. The lowest BCUT2D eigenvalue weighted by Crippen LogP contribution is -2.46. The monoisotopic (exact) mass is 385 g/mol. The van der Waals surface area contributed by atoms with E-state index in [1.807, 2.05) is 51.1 Å². The predicted octanol–water partition coefficient (Wildman–Crippen LogP) is 3.96. The Kier molecular flexibility index (Phi) is 7.55. The third-order valence-corrected chi connectivity index (χ3v) is 5.38. The van der Waals surface area contributed by atoms with Gasteiger partial charge in [0.2, 0.25) is 0 Å². The van der Waals surface area contributed by atoms with Crippen LogP contribution in [0.15, 0.2) is 30.3 Å². The topological polar surface area (TPSA) is 75.6 Å². The number of alkyl halides is 1. The molecule has 2 N–H and O–H groups in total. The van der Waals surface area contributed by atoms with Gasteiger partial charge in [0.25, 0.3) is 0 Å². The number of alkyl carbamates (subject to hydrolysis) is 1. The summed E-state index contributed by atoms with van der Waals surface area (Å²) in [5.74, 6) is -0.886. The molecule has 0 heterocycles. The molecule has 1 amide bonds. The Bertz CT molecular complexity index is 513. The van der Waals surface area contributed by atoms with Crippen LogP contribution in [0.1, 0.15) is 39.2 Å². The van der Waals surface area contributed by atoms with Gasteiger partial charge in [0.1, 0.15) is 6.61 Å². The molecule has 0 aliphatic carbocycles. The fourth-order valence-electron chi connectivity index (χ4n) is 2.09. The summed E-state index contributed by atoms with van der Waals surface area (Å²) in [5.41, 5.74) is 0.770. The van der Waals surface area contributed by atoms with Gasteiger partial charge in [-0.1, -0.05) is 67.0 Å². The first-order valence-corrected chi connectivity index (χ1v) is 8.45. The molecular formula is C17H24BrNO4. The van der Waals surface area contributed by atoms with Gasteiger partial charge in [-0.15, -0.1) is 0 Å². The Balaban J connectivity index is 2.60. The van der Waals surface area contributed by atoms with Gasteiger partial charge in [-0.3, -0.25) is 4.79 Å². The molecule has 1 rings (SSSR count). The van der Waals surface area contributed by atoms with Crippen LogP contribution in [-0.2, 0) is 16.1 Å². The van der Waals surface area contributed by atoms with Gasteiger partial charge in [0.05, 0.1) is 0 Å². The second-order valence-corrected chi connectivity index (χ2v) is 7.50. The number of ether oxygens (including phenoxy) is 1. The quantitative estimate of drug-likeness (QED) is 0.696. The molecule has 23 heavy (non-hydrogen) atoms. The van der Waals surface area contributed by atoms with Gasteiger partial charge < -0.3 is 15.2 Å². The van der Waals surface area contributed by atoms with Crippen LogP contribution in [0.5, 0.6) is 0 Å². The van der Waals surface area contributed by atoms with Crippen molar-refractivity contribution >= 4 is 28.0 Å². The van der Waals surface area contributed by atoms with Crippen molar-refractivity contribution < 1.29 is 19.4 Å². The lowest BCUT2D eigenvalue weighted by Gasteiger charge is -2.33. The molecule has 0 aliphatic heterocycles. The van der Waals surface area contributed by atoms with Crippen LogP contribution >= 0.6 is 15.9 Å². The largest absolute Gasteiger partial charge is 0.481 e. The van der Waals surface area contributed by atoms with E-state index in [-0.39, 0.29) is 29.3 Å². The first-order valence-electron chi connectivity index (χ1n) is 7.53. The SMILES string of the molecule is CC(C)(C)C(Br)[C@H](CCC(=O)O)NC(=O)OCc1ccccc1. The summed E-state index contributed by atoms with van der Waals surface area (Å²) in [5, 5.41) is 11.7. The second-order valence-electron chi connectivity index (χ2n) is 6.51. The van der Waals surface area contributed by atoms with Crippen LogP contribution in [0.3, 0.4) is 0 Å². The van der Waals surface area contributed by atoms with Gasteiger partial charge in [-0.2, -0.15) is 0 Å². The van der Waals surface area contributed by atoms with E-state index < -0.39 is 12.1 Å². The van der Waals surface area contributed by atoms with Gasteiger partial charge in [-0.25, -0.2) is 4.79 Å². The molecule has 0 radical (unpaired) electrons. The van der Waals surface area contributed by atoms with Crippen LogP contribution in [0.25, 0.3) is 0 Å². The summed E-state index contributed by atoms with van der Waals surface area (Å²) in [6.07, 6.45) is -0.219. The van der Waals surface area contributed by atoms with Crippen LogP contribution in [0.4, 0.5) is 4.79 Å². The van der Waals surface area contributed by atoms with E-state index in [1.165, 1.54) is 0 Å². The first kappa shape index (κ1) is 19.5. The van der Waals surface area contributed by atoms with Crippen LogP contribution < -0.4 is 5.32 Å². The molecule has 6 heteroatoms. The average molecular weight is 386 g/mol. The lowest BCUT2D eigenvalue weighted by atomic mass is 9.86. The molecule has 128 valence electrons. The zero-order valence-corrected chi connectivity index (χ0v) is 15.3. The predicted molar refractivity (Wildman–Crippen MR) is 92.6 cm³/mol. The number of carbonyl (C=O) groups is 2. The average Bonchev–Trinajstić information content (AvgIpc) is 2.48. The summed E-state index contributed by atoms with van der Waals surface area (Å²) < 4.78 is 5.21. The highest BCUT2D eigenvalue weighted by Crippen LogP contribution is 2.30. The van der Waals surface area contributed by atoms with Crippen molar-refractivity contribution in [3.05, 3.63) is 35.9 Å². The third-order valence-electron chi connectivity index (χ3n) is 3.37. The fraction of sp³-hybridized carbons (Fsp3) is 0.529. The van der Waals surface area contributed by atoms with Gasteiger partial charge in [0.15, 0.2) is 0 Å². The van der Waals surface area contributed by atoms with E-state index in [2.05, 4.69) is 21.2 Å². The maximum Gasteiger partial charge on any atom is 0.407 e. The summed E-state index contributed by atoms with van der Waals surface area (Å²) >= 11 is 3.58. The van der Waals surface area contributed by atoms with Gasteiger partial charge >= 0.3 is 12.1 Å². The number of amides is 1. The summed E-state index contributed by atoms with van der Waals surface area (Å²) in [7, 11) is 0. The summed E-state index contributed by atoms with van der Waals surface area (Å²) in [6, 6.07) is 9.06. The Morgan fingerprint density at radius 3 is 2.39 bits per heavy atom. The molecule has 0 aromatic heterocycles. The number of benzene rings is 1. The minimum Gasteiger partial charge on any atom is -0.481 e. The number of hydrogen-bond donors (Lipinski definition) is 2. The zero-order chi connectivity index (χ0) is 17.5. The number of halogens is 1. The van der Waals surface area contributed by atoms with E-state index in [4.69, 9.17) is 9.84 Å². The molecule has 0 saturated heterocycles. The standard InChI is InChI=1S/C17H24BrNO4/c1-17(2,3)15(18)13(9-10-14(20)21)19-16(22)23-11-12-7-5-4-6-8-12/h4-8,13,15H,9-11H2,1-3H3,(H,19,22)(H,20,21)/t13-,15?/m0/s1. The molecule has 2 atom stereocenters. The highest BCUT2D eigenvalue weighted by molar-refractivity contribution is 9.09. The van der Waals surface area contributed by atoms with E-state index in [0.29, 0.717) is 6.42 Å². The zero-order valence-electron chi connectivity index (χ0n) is 13.7. The number of carbonyl (C=O) groups excluding carboxylic acids is 1. The number of carboxylic acids is 1. The van der Waals surface area contributed by atoms with Gasteiger partial charge in [-0.05, 0) is 17.4 Å².